The maximum atomic E-state index is 12.0. The minimum atomic E-state index is -4.00. The zero-order chi connectivity index (χ0) is 13.1. The SMILES string of the molecule is CCOc1cc(OC(F)F)ccc1S(=O)(=O)Cl. The Bertz CT molecular complexity index is 490. The smallest absolute Gasteiger partial charge is 0.387 e. The van der Waals surface area contributed by atoms with Crippen LogP contribution in [0.15, 0.2) is 23.1 Å². The van der Waals surface area contributed by atoms with Crippen LogP contribution in [0.3, 0.4) is 0 Å². The molecule has 0 spiro atoms. The normalized spacial score (nSPS) is 11.6. The summed E-state index contributed by atoms with van der Waals surface area (Å²) in [6.45, 7) is -1.22. The molecule has 0 aliphatic heterocycles. The second-order valence-electron chi connectivity index (χ2n) is 2.86. The molecule has 0 saturated carbocycles. The van der Waals surface area contributed by atoms with Crippen LogP contribution < -0.4 is 9.47 Å². The Balaban J connectivity index is 3.17. The van der Waals surface area contributed by atoms with E-state index in [0.29, 0.717) is 0 Å². The predicted octanol–water partition coefficient (Wildman–Crippen LogP) is 2.61. The number of hydrogen-bond acceptors (Lipinski definition) is 4. The highest BCUT2D eigenvalue weighted by atomic mass is 35.7. The number of benzene rings is 1. The van der Waals surface area contributed by atoms with Gasteiger partial charge in [0, 0.05) is 16.7 Å². The van der Waals surface area contributed by atoms with Crippen molar-refractivity contribution in [2.24, 2.45) is 0 Å². The summed E-state index contributed by atoms with van der Waals surface area (Å²) in [6.07, 6.45) is 0. The van der Waals surface area contributed by atoms with Gasteiger partial charge in [0.2, 0.25) is 0 Å². The molecule has 0 radical (unpaired) electrons. The van der Waals surface area contributed by atoms with Crippen LogP contribution in [0.5, 0.6) is 11.5 Å². The van der Waals surface area contributed by atoms with Crippen LogP contribution in [0.4, 0.5) is 8.78 Å². The lowest BCUT2D eigenvalue weighted by molar-refractivity contribution is -0.0499. The van der Waals surface area contributed by atoms with Gasteiger partial charge in [0.1, 0.15) is 16.4 Å². The van der Waals surface area contributed by atoms with E-state index in [9.17, 15) is 17.2 Å². The average molecular weight is 287 g/mol. The van der Waals surface area contributed by atoms with Crippen LogP contribution in [0.1, 0.15) is 6.92 Å². The van der Waals surface area contributed by atoms with E-state index in [1.54, 1.807) is 6.92 Å². The summed E-state index contributed by atoms with van der Waals surface area (Å²) in [5.74, 6) is -0.326. The van der Waals surface area contributed by atoms with Gasteiger partial charge in [-0.1, -0.05) is 0 Å². The van der Waals surface area contributed by atoms with E-state index in [0.717, 1.165) is 18.2 Å². The second-order valence-corrected chi connectivity index (χ2v) is 5.39. The Kier molecular flexibility index (Phi) is 4.53. The molecule has 96 valence electrons. The van der Waals surface area contributed by atoms with E-state index in [4.69, 9.17) is 15.4 Å². The molecule has 4 nitrogen and oxygen atoms in total. The largest absolute Gasteiger partial charge is 0.492 e. The van der Waals surface area contributed by atoms with Crippen LogP contribution in [0, 0.1) is 0 Å². The average Bonchev–Trinajstić information content (AvgIpc) is 2.15. The summed E-state index contributed by atoms with van der Waals surface area (Å²) >= 11 is 0. The molecule has 0 heterocycles. The molecule has 0 N–H and O–H groups in total. The number of rotatable bonds is 5. The molecule has 1 rings (SSSR count). The lowest BCUT2D eigenvalue weighted by Gasteiger charge is -2.10. The van der Waals surface area contributed by atoms with Crippen molar-refractivity contribution in [1.82, 2.24) is 0 Å². The van der Waals surface area contributed by atoms with E-state index < -0.39 is 15.7 Å². The standard InChI is InChI=1S/C9H9ClF2O4S/c1-2-15-7-5-6(16-9(11)12)3-4-8(7)17(10,13)14/h3-5,9H,2H2,1H3. The summed E-state index contributed by atoms with van der Waals surface area (Å²) in [4.78, 5) is -0.289. The monoisotopic (exact) mass is 286 g/mol. The van der Waals surface area contributed by atoms with Crippen LogP contribution in [0.2, 0.25) is 0 Å². The minimum absolute atomic E-state index is 0.124. The summed E-state index contributed by atoms with van der Waals surface area (Å²) in [6, 6.07) is 3.17. The molecule has 0 aliphatic carbocycles. The fourth-order valence-electron chi connectivity index (χ4n) is 1.13. The van der Waals surface area contributed by atoms with E-state index in [-0.39, 0.29) is 23.0 Å². The van der Waals surface area contributed by atoms with Crippen molar-refractivity contribution in [3.8, 4) is 11.5 Å². The summed E-state index contributed by atoms with van der Waals surface area (Å²) in [5, 5.41) is 0. The van der Waals surface area contributed by atoms with Crippen molar-refractivity contribution >= 4 is 19.7 Å². The first kappa shape index (κ1) is 14.0. The third kappa shape index (κ3) is 4.01. The molecule has 0 amide bonds. The van der Waals surface area contributed by atoms with Crippen LogP contribution >= 0.6 is 10.7 Å². The van der Waals surface area contributed by atoms with Crippen molar-refractivity contribution < 1.29 is 26.7 Å². The first-order valence-electron chi connectivity index (χ1n) is 4.51. The van der Waals surface area contributed by atoms with Gasteiger partial charge in [-0.2, -0.15) is 8.78 Å². The molecule has 0 aliphatic rings. The molecule has 0 saturated heterocycles. The van der Waals surface area contributed by atoms with Gasteiger partial charge >= 0.3 is 6.61 Å². The van der Waals surface area contributed by atoms with Gasteiger partial charge in [-0.3, -0.25) is 0 Å². The fraction of sp³-hybridized carbons (Fsp3) is 0.333. The van der Waals surface area contributed by atoms with Crippen LogP contribution in [0.25, 0.3) is 0 Å². The maximum Gasteiger partial charge on any atom is 0.387 e. The molecule has 17 heavy (non-hydrogen) atoms. The van der Waals surface area contributed by atoms with E-state index in [1.165, 1.54) is 0 Å². The zero-order valence-electron chi connectivity index (χ0n) is 8.69. The Hall–Kier alpha value is -1.08. The minimum Gasteiger partial charge on any atom is -0.492 e. The first-order chi connectivity index (χ1) is 7.84. The Morgan fingerprint density at radius 1 is 1.41 bits per heavy atom. The lowest BCUT2D eigenvalue weighted by atomic mass is 10.3. The highest BCUT2D eigenvalue weighted by molar-refractivity contribution is 8.13. The maximum absolute atomic E-state index is 12.0. The first-order valence-corrected chi connectivity index (χ1v) is 6.82. The van der Waals surface area contributed by atoms with Gasteiger partial charge < -0.3 is 9.47 Å². The number of alkyl halides is 2. The van der Waals surface area contributed by atoms with Crippen molar-refractivity contribution in [1.29, 1.82) is 0 Å². The topological polar surface area (TPSA) is 52.6 Å². The number of ether oxygens (including phenoxy) is 2. The van der Waals surface area contributed by atoms with Crippen LogP contribution in [-0.2, 0) is 9.05 Å². The predicted molar refractivity (Wildman–Crippen MR) is 57.3 cm³/mol. The Labute approximate surface area is 102 Å². The second kappa shape index (κ2) is 5.50. The quantitative estimate of drug-likeness (QED) is 0.781. The summed E-state index contributed by atoms with van der Waals surface area (Å²) in [7, 11) is 1.16. The van der Waals surface area contributed by atoms with Crippen LogP contribution in [-0.4, -0.2) is 21.6 Å². The molecule has 0 unspecified atom stereocenters. The summed E-state index contributed by atoms with van der Waals surface area (Å²) in [5.41, 5.74) is 0. The zero-order valence-corrected chi connectivity index (χ0v) is 10.3. The van der Waals surface area contributed by atoms with Gasteiger partial charge in [0.15, 0.2) is 0 Å². The Morgan fingerprint density at radius 2 is 2.06 bits per heavy atom. The summed E-state index contributed by atoms with van der Waals surface area (Å²) < 4.78 is 55.4. The number of hydrogen-bond donors (Lipinski definition) is 0. The van der Waals surface area contributed by atoms with Gasteiger partial charge in [-0.25, -0.2) is 8.42 Å². The van der Waals surface area contributed by atoms with E-state index in [2.05, 4.69) is 4.74 Å². The fourth-order valence-corrected chi connectivity index (χ4v) is 2.11. The van der Waals surface area contributed by atoms with Gasteiger partial charge in [0.25, 0.3) is 9.05 Å². The Morgan fingerprint density at radius 3 is 2.53 bits per heavy atom. The molecule has 0 fully saturated rings. The molecular weight excluding hydrogens is 278 g/mol. The van der Waals surface area contributed by atoms with Gasteiger partial charge in [-0.15, -0.1) is 0 Å². The van der Waals surface area contributed by atoms with Crippen molar-refractivity contribution in [3.05, 3.63) is 18.2 Å². The molecule has 0 aromatic heterocycles. The third-order valence-electron chi connectivity index (χ3n) is 1.70. The molecule has 1 aromatic carbocycles. The van der Waals surface area contributed by atoms with E-state index in [1.807, 2.05) is 0 Å². The number of halogens is 3. The van der Waals surface area contributed by atoms with Gasteiger partial charge in [0.05, 0.1) is 6.61 Å². The van der Waals surface area contributed by atoms with E-state index >= 15 is 0 Å². The molecule has 1 aromatic rings. The third-order valence-corrected chi connectivity index (χ3v) is 3.06. The molecule has 0 bridgehead atoms. The highest BCUT2D eigenvalue weighted by Gasteiger charge is 2.18. The molecular formula is C9H9ClF2O4S. The molecule has 8 heteroatoms. The lowest BCUT2D eigenvalue weighted by Crippen LogP contribution is -2.04. The van der Waals surface area contributed by atoms with Crippen molar-refractivity contribution in [3.63, 3.8) is 0 Å². The highest BCUT2D eigenvalue weighted by Crippen LogP contribution is 2.31. The van der Waals surface area contributed by atoms with Crippen molar-refractivity contribution in [2.75, 3.05) is 6.61 Å². The van der Waals surface area contributed by atoms with Gasteiger partial charge in [-0.05, 0) is 19.1 Å². The molecule has 0 atom stereocenters. The van der Waals surface area contributed by atoms with Crippen molar-refractivity contribution in [2.45, 2.75) is 18.4 Å².